The number of hydrogen-bond acceptors (Lipinski definition) is 3. The van der Waals surface area contributed by atoms with Crippen molar-refractivity contribution in [1.82, 2.24) is 9.78 Å². The summed E-state index contributed by atoms with van der Waals surface area (Å²) < 4.78 is 15.1. The molecular weight excluding hydrogens is 356 g/mol. The first-order valence-corrected chi connectivity index (χ1v) is 9.52. The Kier molecular flexibility index (Phi) is 4.58. The van der Waals surface area contributed by atoms with Gasteiger partial charge in [0.15, 0.2) is 6.23 Å². The summed E-state index contributed by atoms with van der Waals surface area (Å²) in [4.78, 5) is 0. The lowest BCUT2D eigenvalue weighted by molar-refractivity contribution is -0.0366. The molecule has 1 saturated carbocycles. The van der Waals surface area contributed by atoms with Crippen LogP contribution in [0.15, 0.2) is 22.8 Å². The van der Waals surface area contributed by atoms with E-state index in [4.69, 9.17) is 9.47 Å². The third-order valence-corrected chi connectivity index (χ3v) is 5.48. The number of halogens is 1. The largest absolute Gasteiger partial charge is 0.492 e. The number of aromatic nitrogens is 2. The minimum atomic E-state index is 0.0539. The fraction of sp³-hybridized carbons (Fsp3) is 0.611. The highest BCUT2D eigenvalue weighted by atomic mass is 79.9. The molecule has 1 aliphatic heterocycles. The number of fused-ring (bicyclic) bond motifs is 1. The first-order valence-electron chi connectivity index (χ1n) is 8.72. The van der Waals surface area contributed by atoms with Crippen LogP contribution in [0.25, 0.3) is 10.9 Å². The lowest BCUT2D eigenvalue weighted by Crippen LogP contribution is -2.18. The predicted molar refractivity (Wildman–Crippen MR) is 93.7 cm³/mol. The van der Waals surface area contributed by atoms with Crippen molar-refractivity contribution >= 4 is 26.8 Å². The molecule has 4 rings (SSSR count). The second-order valence-electron chi connectivity index (χ2n) is 6.71. The molecule has 2 fully saturated rings. The number of rotatable bonds is 4. The minimum Gasteiger partial charge on any atom is -0.492 e. The van der Waals surface area contributed by atoms with Gasteiger partial charge in [0.1, 0.15) is 5.75 Å². The van der Waals surface area contributed by atoms with Crippen LogP contribution in [0.2, 0.25) is 0 Å². The van der Waals surface area contributed by atoms with Crippen LogP contribution in [0.4, 0.5) is 0 Å². The van der Waals surface area contributed by atoms with Crippen LogP contribution in [-0.4, -0.2) is 23.0 Å². The quantitative estimate of drug-likeness (QED) is 0.745. The summed E-state index contributed by atoms with van der Waals surface area (Å²) >= 11 is 3.62. The minimum absolute atomic E-state index is 0.0539. The lowest BCUT2D eigenvalue weighted by atomic mass is 10.1. The first-order chi connectivity index (χ1) is 11.3. The van der Waals surface area contributed by atoms with Gasteiger partial charge in [0, 0.05) is 11.1 Å². The third-order valence-electron chi connectivity index (χ3n) is 5.02. The SMILES string of the molecule is Brc1cc(OCC2CCCC2)c2cnn(C3CCCCO3)c2c1. The molecule has 1 aromatic heterocycles. The lowest BCUT2D eigenvalue weighted by Gasteiger charge is -2.23. The Morgan fingerprint density at radius 2 is 2.00 bits per heavy atom. The molecular formula is C18H23BrN2O2. The molecule has 0 spiro atoms. The maximum atomic E-state index is 6.16. The standard InChI is InChI=1S/C18H23BrN2O2/c19-14-9-16-15(11-20-21(16)18-7-3-4-8-22-18)17(10-14)23-12-13-5-1-2-6-13/h9-11,13,18H,1-8,12H2. The predicted octanol–water partition coefficient (Wildman–Crippen LogP) is 5.07. The Bertz CT molecular complexity index is 673. The molecule has 1 unspecified atom stereocenters. The van der Waals surface area contributed by atoms with Gasteiger partial charge < -0.3 is 9.47 Å². The summed E-state index contributed by atoms with van der Waals surface area (Å²) in [6, 6.07) is 4.17. The van der Waals surface area contributed by atoms with Crippen LogP contribution in [0.3, 0.4) is 0 Å². The summed E-state index contributed by atoms with van der Waals surface area (Å²) in [5.41, 5.74) is 1.09. The van der Waals surface area contributed by atoms with E-state index in [1.807, 2.05) is 10.9 Å². The number of benzene rings is 1. The molecule has 0 N–H and O–H groups in total. The van der Waals surface area contributed by atoms with Crippen molar-refractivity contribution in [3.63, 3.8) is 0 Å². The zero-order valence-electron chi connectivity index (χ0n) is 13.3. The fourth-order valence-corrected chi connectivity index (χ4v) is 4.16. The van der Waals surface area contributed by atoms with E-state index in [1.165, 1.54) is 32.1 Å². The molecule has 1 saturated heterocycles. The van der Waals surface area contributed by atoms with Crippen LogP contribution < -0.4 is 4.74 Å². The summed E-state index contributed by atoms with van der Waals surface area (Å²) in [5, 5.41) is 5.68. The average molecular weight is 379 g/mol. The topological polar surface area (TPSA) is 36.3 Å². The van der Waals surface area contributed by atoms with E-state index >= 15 is 0 Å². The van der Waals surface area contributed by atoms with Crippen molar-refractivity contribution in [2.24, 2.45) is 5.92 Å². The normalized spacial score (nSPS) is 22.7. The number of ether oxygens (including phenoxy) is 2. The Balaban J connectivity index is 1.61. The molecule has 1 atom stereocenters. The fourth-order valence-electron chi connectivity index (χ4n) is 3.73. The van der Waals surface area contributed by atoms with E-state index in [1.54, 1.807) is 0 Å². The highest BCUT2D eigenvalue weighted by molar-refractivity contribution is 9.10. The Morgan fingerprint density at radius 3 is 2.78 bits per heavy atom. The maximum absolute atomic E-state index is 6.16. The van der Waals surface area contributed by atoms with Crippen LogP contribution in [0.1, 0.15) is 51.2 Å². The molecule has 2 heterocycles. The second kappa shape index (κ2) is 6.81. The van der Waals surface area contributed by atoms with Crippen molar-refractivity contribution in [3.05, 3.63) is 22.8 Å². The van der Waals surface area contributed by atoms with E-state index in [9.17, 15) is 0 Å². The molecule has 23 heavy (non-hydrogen) atoms. The van der Waals surface area contributed by atoms with Crippen molar-refractivity contribution in [2.75, 3.05) is 13.2 Å². The van der Waals surface area contributed by atoms with Gasteiger partial charge in [-0.15, -0.1) is 0 Å². The third kappa shape index (κ3) is 3.26. The number of hydrogen-bond donors (Lipinski definition) is 0. The van der Waals surface area contributed by atoms with Gasteiger partial charge in [-0.05, 0) is 50.2 Å². The van der Waals surface area contributed by atoms with Gasteiger partial charge in [-0.25, -0.2) is 4.68 Å². The van der Waals surface area contributed by atoms with Crippen LogP contribution in [0.5, 0.6) is 5.75 Å². The van der Waals surface area contributed by atoms with E-state index < -0.39 is 0 Å². The van der Waals surface area contributed by atoms with Crippen molar-refractivity contribution in [3.8, 4) is 5.75 Å². The molecule has 2 aliphatic rings. The van der Waals surface area contributed by atoms with E-state index in [-0.39, 0.29) is 6.23 Å². The Morgan fingerprint density at radius 1 is 1.17 bits per heavy atom. The van der Waals surface area contributed by atoms with E-state index in [2.05, 4.69) is 33.2 Å². The van der Waals surface area contributed by atoms with Crippen molar-refractivity contribution < 1.29 is 9.47 Å². The zero-order valence-corrected chi connectivity index (χ0v) is 14.9. The van der Waals surface area contributed by atoms with Gasteiger partial charge in [-0.2, -0.15) is 5.10 Å². The molecule has 0 amide bonds. The smallest absolute Gasteiger partial charge is 0.150 e. The highest BCUT2D eigenvalue weighted by Gasteiger charge is 2.21. The molecule has 5 heteroatoms. The van der Waals surface area contributed by atoms with Crippen LogP contribution in [-0.2, 0) is 4.74 Å². The highest BCUT2D eigenvalue weighted by Crippen LogP contribution is 2.34. The van der Waals surface area contributed by atoms with Gasteiger partial charge in [0.05, 0.1) is 23.7 Å². The number of nitrogens with zero attached hydrogens (tertiary/aromatic N) is 2. The van der Waals surface area contributed by atoms with Gasteiger partial charge in [-0.3, -0.25) is 0 Å². The molecule has 4 nitrogen and oxygen atoms in total. The Hall–Kier alpha value is -1.07. The Labute approximate surface area is 145 Å². The summed E-state index contributed by atoms with van der Waals surface area (Å²) in [7, 11) is 0. The monoisotopic (exact) mass is 378 g/mol. The molecule has 1 aliphatic carbocycles. The van der Waals surface area contributed by atoms with Gasteiger partial charge in [0.2, 0.25) is 0 Å². The average Bonchev–Trinajstić information content (AvgIpc) is 3.23. The van der Waals surface area contributed by atoms with Gasteiger partial charge in [-0.1, -0.05) is 28.8 Å². The van der Waals surface area contributed by atoms with Gasteiger partial charge >= 0.3 is 0 Å². The molecule has 124 valence electrons. The molecule has 0 radical (unpaired) electrons. The second-order valence-corrected chi connectivity index (χ2v) is 7.62. The van der Waals surface area contributed by atoms with Crippen molar-refractivity contribution in [1.29, 1.82) is 0 Å². The summed E-state index contributed by atoms with van der Waals surface area (Å²) in [6.07, 6.45) is 10.6. The first kappa shape index (κ1) is 15.5. The van der Waals surface area contributed by atoms with E-state index in [0.29, 0.717) is 5.92 Å². The summed E-state index contributed by atoms with van der Waals surface area (Å²) in [6.45, 7) is 1.64. The van der Waals surface area contributed by atoms with Crippen LogP contribution >= 0.6 is 15.9 Å². The molecule has 2 aromatic rings. The van der Waals surface area contributed by atoms with Gasteiger partial charge in [0.25, 0.3) is 0 Å². The van der Waals surface area contributed by atoms with E-state index in [0.717, 1.165) is 47.2 Å². The zero-order chi connectivity index (χ0) is 15.6. The maximum Gasteiger partial charge on any atom is 0.150 e. The summed E-state index contributed by atoms with van der Waals surface area (Å²) in [5.74, 6) is 1.64. The van der Waals surface area contributed by atoms with Crippen LogP contribution in [0, 0.1) is 5.92 Å². The van der Waals surface area contributed by atoms with Crippen molar-refractivity contribution in [2.45, 2.75) is 51.2 Å². The molecule has 0 bridgehead atoms. The molecule has 1 aromatic carbocycles.